The maximum Gasteiger partial charge on any atom is 0.121 e. The van der Waals surface area contributed by atoms with E-state index in [2.05, 4.69) is 38.2 Å². The van der Waals surface area contributed by atoms with E-state index in [1.807, 2.05) is 0 Å². The van der Waals surface area contributed by atoms with Crippen molar-refractivity contribution in [2.45, 2.75) is 40.5 Å². The van der Waals surface area contributed by atoms with E-state index in [-0.39, 0.29) is 0 Å². The molecule has 0 amide bonds. The standard InChI is InChI=1S/C13H26N2O/c1-10(2)13(11(3)4)15-16-9-12-6-5-7-14-8-12/h10-12,14H,5-9H2,1-4H3. The molecule has 16 heavy (non-hydrogen) atoms. The smallest absolute Gasteiger partial charge is 0.121 e. The van der Waals surface area contributed by atoms with Crippen molar-refractivity contribution in [3.05, 3.63) is 0 Å². The number of nitrogens with one attached hydrogen (secondary N) is 1. The molecule has 1 unspecified atom stereocenters. The highest BCUT2D eigenvalue weighted by Gasteiger charge is 2.14. The molecule has 0 spiro atoms. The third-order valence-electron chi connectivity index (χ3n) is 3.06. The zero-order valence-electron chi connectivity index (χ0n) is 11.1. The highest BCUT2D eigenvalue weighted by atomic mass is 16.6. The second-order valence-electron chi connectivity index (χ2n) is 5.33. The van der Waals surface area contributed by atoms with Gasteiger partial charge >= 0.3 is 0 Å². The quantitative estimate of drug-likeness (QED) is 0.577. The fourth-order valence-electron chi connectivity index (χ4n) is 2.16. The number of hydrogen-bond donors (Lipinski definition) is 1. The van der Waals surface area contributed by atoms with E-state index in [0.717, 1.165) is 19.7 Å². The van der Waals surface area contributed by atoms with Gasteiger partial charge in [0, 0.05) is 12.5 Å². The van der Waals surface area contributed by atoms with E-state index in [0.29, 0.717) is 17.8 Å². The SMILES string of the molecule is CC(C)C(=NOCC1CCCNC1)C(C)C. The lowest BCUT2D eigenvalue weighted by Crippen LogP contribution is -2.32. The molecule has 0 aromatic carbocycles. The highest BCUT2D eigenvalue weighted by Crippen LogP contribution is 2.12. The number of rotatable bonds is 5. The summed E-state index contributed by atoms with van der Waals surface area (Å²) in [5.74, 6) is 1.59. The Balaban J connectivity index is 2.32. The lowest BCUT2D eigenvalue weighted by atomic mass is 9.98. The number of nitrogens with zero attached hydrogens (tertiary/aromatic N) is 1. The Hall–Kier alpha value is -0.570. The molecule has 1 rings (SSSR count). The normalized spacial score (nSPS) is 21.2. The maximum atomic E-state index is 5.51. The molecule has 0 radical (unpaired) electrons. The minimum absolute atomic E-state index is 0.476. The summed E-state index contributed by atoms with van der Waals surface area (Å²) in [6.45, 7) is 11.7. The summed E-state index contributed by atoms with van der Waals surface area (Å²) in [7, 11) is 0. The third kappa shape index (κ3) is 4.52. The van der Waals surface area contributed by atoms with Crippen molar-refractivity contribution in [3.63, 3.8) is 0 Å². The van der Waals surface area contributed by atoms with Gasteiger partial charge in [-0.15, -0.1) is 0 Å². The van der Waals surface area contributed by atoms with E-state index in [1.54, 1.807) is 0 Å². The van der Waals surface area contributed by atoms with Gasteiger partial charge < -0.3 is 10.2 Å². The van der Waals surface area contributed by atoms with Crippen LogP contribution in [0.15, 0.2) is 5.16 Å². The fraction of sp³-hybridized carbons (Fsp3) is 0.923. The van der Waals surface area contributed by atoms with Crippen molar-refractivity contribution in [2.24, 2.45) is 22.9 Å². The lowest BCUT2D eigenvalue weighted by molar-refractivity contribution is 0.0944. The van der Waals surface area contributed by atoms with Crippen molar-refractivity contribution in [1.82, 2.24) is 5.32 Å². The second-order valence-corrected chi connectivity index (χ2v) is 5.33. The van der Waals surface area contributed by atoms with Gasteiger partial charge in [0.25, 0.3) is 0 Å². The Bertz CT molecular complexity index is 208. The molecule has 94 valence electrons. The van der Waals surface area contributed by atoms with Crippen LogP contribution in [-0.4, -0.2) is 25.4 Å². The summed E-state index contributed by atoms with van der Waals surface area (Å²) in [5.41, 5.74) is 1.17. The van der Waals surface area contributed by atoms with Crippen molar-refractivity contribution >= 4 is 5.71 Å². The molecule has 1 N–H and O–H groups in total. The van der Waals surface area contributed by atoms with Crippen LogP contribution in [0.3, 0.4) is 0 Å². The number of hydrogen-bond acceptors (Lipinski definition) is 3. The first kappa shape index (κ1) is 13.5. The van der Waals surface area contributed by atoms with Crippen molar-refractivity contribution in [3.8, 4) is 0 Å². The van der Waals surface area contributed by atoms with Gasteiger partial charge in [-0.25, -0.2) is 0 Å². The van der Waals surface area contributed by atoms with Crippen LogP contribution in [0.25, 0.3) is 0 Å². The van der Waals surface area contributed by atoms with Crippen LogP contribution < -0.4 is 5.32 Å². The van der Waals surface area contributed by atoms with E-state index in [9.17, 15) is 0 Å². The van der Waals surface area contributed by atoms with E-state index in [4.69, 9.17) is 4.84 Å². The molecule has 1 aliphatic rings. The molecule has 3 nitrogen and oxygen atoms in total. The van der Waals surface area contributed by atoms with Gasteiger partial charge in [-0.2, -0.15) is 0 Å². The van der Waals surface area contributed by atoms with Crippen LogP contribution in [0.2, 0.25) is 0 Å². The molecule has 1 atom stereocenters. The summed E-state index contributed by atoms with van der Waals surface area (Å²) in [6.07, 6.45) is 2.53. The molecule has 1 saturated heterocycles. The van der Waals surface area contributed by atoms with Crippen molar-refractivity contribution in [2.75, 3.05) is 19.7 Å². The molecule has 0 aromatic rings. The van der Waals surface area contributed by atoms with Gasteiger partial charge in [0.1, 0.15) is 6.61 Å². The molecular formula is C13H26N2O. The van der Waals surface area contributed by atoms with Crippen molar-refractivity contribution in [1.29, 1.82) is 0 Å². The molecule has 1 aliphatic heterocycles. The topological polar surface area (TPSA) is 33.6 Å². The third-order valence-corrected chi connectivity index (χ3v) is 3.06. The largest absolute Gasteiger partial charge is 0.395 e. The first-order valence-corrected chi connectivity index (χ1v) is 6.51. The van der Waals surface area contributed by atoms with Crippen LogP contribution in [0.5, 0.6) is 0 Å². The summed E-state index contributed by atoms with van der Waals surface area (Å²) in [4.78, 5) is 5.51. The predicted molar refractivity (Wildman–Crippen MR) is 68.7 cm³/mol. The average molecular weight is 226 g/mol. The zero-order chi connectivity index (χ0) is 12.0. The predicted octanol–water partition coefficient (Wildman–Crippen LogP) is 2.67. The molecule has 0 bridgehead atoms. The van der Waals surface area contributed by atoms with Crippen LogP contribution in [0, 0.1) is 17.8 Å². The highest BCUT2D eigenvalue weighted by molar-refractivity contribution is 5.87. The molecular weight excluding hydrogens is 200 g/mol. The molecule has 1 heterocycles. The van der Waals surface area contributed by atoms with E-state index >= 15 is 0 Å². The zero-order valence-corrected chi connectivity index (χ0v) is 11.1. The molecule has 0 aliphatic carbocycles. The first-order valence-electron chi connectivity index (χ1n) is 6.51. The van der Waals surface area contributed by atoms with Crippen LogP contribution in [-0.2, 0) is 4.84 Å². The Morgan fingerprint density at radius 3 is 2.50 bits per heavy atom. The van der Waals surface area contributed by atoms with Crippen LogP contribution in [0.1, 0.15) is 40.5 Å². The summed E-state index contributed by atoms with van der Waals surface area (Å²) >= 11 is 0. The van der Waals surface area contributed by atoms with Crippen molar-refractivity contribution < 1.29 is 4.84 Å². The lowest BCUT2D eigenvalue weighted by Gasteiger charge is -2.22. The molecule has 1 fully saturated rings. The van der Waals surface area contributed by atoms with Gasteiger partial charge in [-0.1, -0.05) is 32.9 Å². The Kier molecular flexibility index (Phi) is 5.81. The van der Waals surface area contributed by atoms with E-state index in [1.165, 1.54) is 18.6 Å². The Morgan fingerprint density at radius 1 is 1.31 bits per heavy atom. The second kappa shape index (κ2) is 6.89. The van der Waals surface area contributed by atoms with Gasteiger partial charge in [-0.05, 0) is 31.2 Å². The summed E-state index contributed by atoms with van der Waals surface area (Å²) < 4.78 is 0. The maximum absolute atomic E-state index is 5.51. The van der Waals surface area contributed by atoms with Crippen LogP contribution in [0.4, 0.5) is 0 Å². The minimum atomic E-state index is 0.476. The van der Waals surface area contributed by atoms with Gasteiger partial charge in [0.05, 0.1) is 5.71 Å². The average Bonchev–Trinajstić information content (AvgIpc) is 2.24. The number of oxime groups is 1. The monoisotopic (exact) mass is 226 g/mol. The Labute approximate surface area is 99.6 Å². The first-order chi connectivity index (χ1) is 7.61. The van der Waals surface area contributed by atoms with E-state index < -0.39 is 0 Å². The fourth-order valence-corrected chi connectivity index (χ4v) is 2.16. The molecule has 0 aromatic heterocycles. The molecule has 0 saturated carbocycles. The van der Waals surface area contributed by atoms with Gasteiger partial charge in [-0.3, -0.25) is 0 Å². The van der Waals surface area contributed by atoms with Gasteiger partial charge in [0.2, 0.25) is 0 Å². The number of piperidine rings is 1. The van der Waals surface area contributed by atoms with Gasteiger partial charge in [0.15, 0.2) is 0 Å². The minimum Gasteiger partial charge on any atom is -0.395 e. The summed E-state index contributed by atoms with van der Waals surface area (Å²) in [6, 6.07) is 0. The van der Waals surface area contributed by atoms with Crippen LogP contribution >= 0.6 is 0 Å². The Morgan fingerprint density at radius 2 is 2.00 bits per heavy atom. The molecule has 3 heteroatoms. The summed E-state index contributed by atoms with van der Waals surface area (Å²) in [5, 5.41) is 7.70.